The number of hydrogen-bond acceptors (Lipinski definition) is 7. The van der Waals surface area contributed by atoms with Gasteiger partial charge in [0.25, 0.3) is 0 Å². The van der Waals surface area contributed by atoms with Gasteiger partial charge in [0.05, 0.1) is 17.8 Å². The number of ketones is 1. The Hall–Kier alpha value is -3.88. The molecule has 0 aromatic heterocycles. The van der Waals surface area contributed by atoms with E-state index < -0.39 is 18.2 Å². The van der Waals surface area contributed by atoms with Crippen LogP contribution in [-0.4, -0.2) is 42.9 Å². The molecule has 0 saturated carbocycles. The van der Waals surface area contributed by atoms with E-state index in [1.165, 1.54) is 17.9 Å². The van der Waals surface area contributed by atoms with E-state index in [4.69, 9.17) is 25.4 Å². The lowest BCUT2D eigenvalue weighted by Gasteiger charge is -2.19. The summed E-state index contributed by atoms with van der Waals surface area (Å²) in [5, 5.41) is 7.70. The monoisotopic (exact) mass is 425 g/mol. The Morgan fingerprint density at radius 3 is 2.55 bits per heavy atom. The number of esters is 1. The molecule has 0 spiro atoms. The predicted octanol–water partition coefficient (Wildman–Crippen LogP) is 2.89. The number of nitrogen functional groups attached to an aromatic ring is 1. The van der Waals surface area contributed by atoms with Crippen LogP contribution in [0.3, 0.4) is 0 Å². The van der Waals surface area contributed by atoms with Gasteiger partial charge in [0.1, 0.15) is 18.2 Å². The maximum Gasteiger partial charge on any atom is 0.415 e. The van der Waals surface area contributed by atoms with Gasteiger partial charge in [0.15, 0.2) is 17.6 Å². The van der Waals surface area contributed by atoms with Crippen LogP contribution in [-0.2, 0) is 9.53 Å². The van der Waals surface area contributed by atoms with Gasteiger partial charge >= 0.3 is 12.1 Å². The number of cyclic esters (lactones) is 1. The fourth-order valence-corrected chi connectivity index (χ4v) is 3.14. The molecule has 3 N–H and O–H groups in total. The molecule has 31 heavy (non-hydrogen) atoms. The number of carbonyl (C=O) groups is 3. The second-order valence-corrected chi connectivity index (χ2v) is 6.89. The van der Waals surface area contributed by atoms with Gasteiger partial charge in [-0.3, -0.25) is 19.9 Å². The minimum Gasteiger partial charge on any atom is -0.490 e. The number of hydrogen-bond donors (Lipinski definition) is 2. The lowest BCUT2D eigenvalue weighted by molar-refractivity contribution is -0.131. The molecule has 1 unspecified atom stereocenters. The Kier molecular flexibility index (Phi) is 6.54. The van der Waals surface area contributed by atoms with E-state index in [2.05, 4.69) is 0 Å². The third-order valence-corrected chi connectivity index (χ3v) is 4.63. The van der Waals surface area contributed by atoms with Crippen molar-refractivity contribution in [1.29, 1.82) is 5.41 Å². The first-order valence-electron chi connectivity index (χ1n) is 9.70. The van der Waals surface area contributed by atoms with E-state index in [-0.39, 0.29) is 41.8 Å². The van der Waals surface area contributed by atoms with Crippen LogP contribution in [0.5, 0.6) is 11.5 Å². The fraction of sp³-hybridized carbons (Fsp3) is 0.273. The summed E-state index contributed by atoms with van der Waals surface area (Å²) in [6.07, 6.45) is -0.781. The zero-order valence-corrected chi connectivity index (χ0v) is 17.2. The second-order valence-electron chi connectivity index (χ2n) is 6.89. The number of anilines is 1. The van der Waals surface area contributed by atoms with Crippen molar-refractivity contribution in [1.82, 2.24) is 0 Å². The molecular weight excluding hydrogens is 402 g/mol. The summed E-state index contributed by atoms with van der Waals surface area (Å²) < 4.78 is 16.3. The summed E-state index contributed by atoms with van der Waals surface area (Å²) in [6.45, 7) is 3.27. The van der Waals surface area contributed by atoms with E-state index in [0.29, 0.717) is 17.7 Å². The minimum absolute atomic E-state index is 0.0252. The number of rotatable bonds is 8. The molecule has 0 radical (unpaired) electrons. The highest BCUT2D eigenvalue weighted by Crippen LogP contribution is 2.35. The van der Waals surface area contributed by atoms with Crippen molar-refractivity contribution in [3.63, 3.8) is 0 Å². The molecular formula is C22H23N3O6. The van der Waals surface area contributed by atoms with E-state index in [1.807, 2.05) is 0 Å². The molecule has 1 heterocycles. The first-order chi connectivity index (χ1) is 14.8. The zero-order valence-electron chi connectivity index (χ0n) is 17.2. The maximum absolute atomic E-state index is 12.5. The summed E-state index contributed by atoms with van der Waals surface area (Å²) in [5.74, 6) is -0.287. The minimum atomic E-state index is -0.633. The van der Waals surface area contributed by atoms with E-state index in [0.717, 1.165) is 0 Å². The standard InChI is InChI=1S/C22H23N3O6/c1-3-19(27)14-7-9-15(10-8-14)29-12-16-11-25(22(28)31-16)18-6-4-5-17(21(23)24)20(18)30-13(2)26/h4-10,16H,3,11-12H2,1-2H3,(H3,23,24). The van der Waals surface area contributed by atoms with Crippen molar-refractivity contribution in [3.8, 4) is 11.5 Å². The Balaban J connectivity index is 1.72. The number of benzene rings is 2. The van der Waals surface area contributed by atoms with Crippen LogP contribution >= 0.6 is 0 Å². The van der Waals surface area contributed by atoms with Gasteiger partial charge in [-0.15, -0.1) is 0 Å². The topological polar surface area (TPSA) is 132 Å². The van der Waals surface area contributed by atoms with Gasteiger partial charge < -0.3 is 19.9 Å². The summed E-state index contributed by atoms with van der Waals surface area (Å²) in [7, 11) is 0. The molecule has 1 atom stereocenters. The quantitative estimate of drug-likeness (QED) is 0.218. The first-order valence-corrected chi connectivity index (χ1v) is 9.70. The van der Waals surface area contributed by atoms with Crippen LogP contribution in [0.15, 0.2) is 42.5 Å². The molecule has 1 amide bonds. The van der Waals surface area contributed by atoms with E-state index >= 15 is 0 Å². The van der Waals surface area contributed by atoms with Crippen LogP contribution < -0.4 is 20.1 Å². The smallest absolute Gasteiger partial charge is 0.415 e. The van der Waals surface area contributed by atoms with Gasteiger partial charge in [-0.2, -0.15) is 0 Å². The number of carbonyl (C=O) groups excluding carboxylic acids is 3. The third-order valence-electron chi connectivity index (χ3n) is 4.63. The normalized spacial score (nSPS) is 15.4. The fourth-order valence-electron chi connectivity index (χ4n) is 3.14. The lowest BCUT2D eigenvalue weighted by Crippen LogP contribution is -2.28. The molecule has 0 aliphatic carbocycles. The van der Waals surface area contributed by atoms with Gasteiger partial charge in [0.2, 0.25) is 0 Å². The van der Waals surface area contributed by atoms with Crippen molar-refractivity contribution in [2.45, 2.75) is 26.4 Å². The lowest BCUT2D eigenvalue weighted by atomic mass is 10.1. The third kappa shape index (κ3) is 5.00. The molecule has 2 aromatic carbocycles. The Morgan fingerprint density at radius 1 is 1.23 bits per heavy atom. The van der Waals surface area contributed by atoms with Crippen LogP contribution in [0.4, 0.5) is 10.5 Å². The summed E-state index contributed by atoms with van der Waals surface area (Å²) in [6, 6.07) is 11.5. The molecule has 3 rings (SSSR count). The molecule has 9 nitrogen and oxygen atoms in total. The highest BCUT2D eigenvalue weighted by molar-refractivity contribution is 6.02. The highest BCUT2D eigenvalue weighted by Gasteiger charge is 2.35. The molecule has 1 saturated heterocycles. The number of nitrogens with zero attached hydrogens (tertiary/aromatic N) is 1. The number of para-hydroxylation sites is 1. The molecule has 1 aliphatic heterocycles. The SMILES string of the molecule is CCC(=O)c1ccc(OCC2CN(c3cccc(C(=N)N)c3OC(C)=O)C(=O)O2)cc1. The van der Waals surface area contributed by atoms with Crippen LogP contribution in [0, 0.1) is 5.41 Å². The number of nitrogens with one attached hydrogen (secondary N) is 1. The van der Waals surface area contributed by atoms with Crippen molar-refractivity contribution >= 4 is 29.4 Å². The largest absolute Gasteiger partial charge is 0.490 e. The van der Waals surface area contributed by atoms with Gasteiger partial charge in [0, 0.05) is 18.9 Å². The van der Waals surface area contributed by atoms with Gasteiger partial charge in [-0.25, -0.2) is 4.79 Å². The second kappa shape index (κ2) is 9.29. The Morgan fingerprint density at radius 2 is 1.94 bits per heavy atom. The molecule has 1 fully saturated rings. The summed E-state index contributed by atoms with van der Waals surface area (Å²) in [4.78, 5) is 37.0. The van der Waals surface area contributed by atoms with Gasteiger partial charge in [-0.05, 0) is 36.4 Å². The van der Waals surface area contributed by atoms with Crippen molar-refractivity contribution in [2.24, 2.45) is 5.73 Å². The van der Waals surface area contributed by atoms with Crippen molar-refractivity contribution < 1.29 is 28.6 Å². The number of ether oxygens (including phenoxy) is 3. The molecule has 2 aromatic rings. The van der Waals surface area contributed by atoms with Crippen molar-refractivity contribution in [3.05, 3.63) is 53.6 Å². The van der Waals surface area contributed by atoms with Crippen molar-refractivity contribution in [2.75, 3.05) is 18.1 Å². The molecule has 0 bridgehead atoms. The average Bonchev–Trinajstić information content (AvgIpc) is 3.12. The molecule has 162 valence electrons. The number of amides is 1. The maximum atomic E-state index is 12.5. The van der Waals surface area contributed by atoms with E-state index in [1.54, 1.807) is 43.3 Å². The Bertz CT molecular complexity index is 1020. The predicted molar refractivity (Wildman–Crippen MR) is 113 cm³/mol. The van der Waals surface area contributed by atoms with Crippen LogP contribution in [0.1, 0.15) is 36.2 Å². The summed E-state index contributed by atoms with van der Waals surface area (Å²) >= 11 is 0. The highest BCUT2D eigenvalue weighted by atomic mass is 16.6. The molecule has 1 aliphatic rings. The number of amidine groups is 1. The average molecular weight is 425 g/mol. The zero-order chi connectivity index (χ0) is 22.5. The van der Waals surface area contributed by atoms with Gasteiger partial charge in [-0.1, -0.05) is 13.0 Å². The van der Waals surface area contributed by atoms with E-state index in [9.17, 15) is 14.4 Å². The first kappa shape index (κ1) is 21.8. The summed E-state index contributed by atoms with van der Waals surface area (Å²) in [5.41, 5.74) is 6.67. The Labute approximate surface area is 179 Å². The van der Waals surface area contributed by atoms with Crippen LogP contribution in [0.2, 0.25) is 0 Å². The molecule has 9 heteroatoms. The number of nitrogens with two attached hydrogens (primary N) is 1. The number of Topliss-reactive ketones (excluding diaryl/α,β-unsaturated/α-hetero) is 1. The van der Waals surface area contributed by atoms with Crippen LogP contribution in [0.25, 0.3) is 0 Å².